The molecule has 5 N–H and O–H groups in total. The summed E-state index contributed by atoms with van der Waals surface area (Å²) in [5.74, 6) is -4.39. The highest BCUT2D eigenvalue weighted by atomic mass is 16.4. The molecule has 0 saturated heterocycles. The minimum atomic E-state index is -1.47. The number of carbonyl (C=O) groups excluding carboxylic acids is 3. The molecule has 0 unspecified atom stereocenters. The molecule has 4 rings (SSSR count). The first-order valence-corrected chi connectivity index (χ1v) is 14.6. The molecule has 0 heterocycles. The Kier molecular flexibility index (Phi) is 11.4. The van der Waals surface area contributed by atoms with Gasteiger partial charge in [0.25, 0.3) is 0 Å². The molecule has 0 aliphatic heterocycles. The average Bonchev–Trinajstić information content (AvgIpc) is 3.03. The largest absolute Gasteiger partial charge is 0.481 e. The van der Waals surface area contributed by atoms with E-state index in [4.69, 9.17) is 5.11 Å². The van der Waals surface area contributed by atoms with Crippen LogP contribution < -0.4 is 16.0 Å². The molecule has 232 valence electrons. The van der Waals surface area contributed by atoms with Gasteiger partial charge in [0.1, 0.15) is 18.1 Å². The second kappa shape index (κ2) is 15.8. The Balaban J connectivity index is 1.53. The van der Waals surface area contributed by atoms with Gasteiger partial charge >= 0.3 is 11.9 Å². The molecule has 0 radical (unpaired) electrons. The Morgan fingerprint density at radius 1 is 0.556 bits per heavy atom. The number of carboxylic acid groups (broad SMARTS) is 2. The van der Waals surface area contributed by atoms with Crippen LogP contribution in [0.3, 0.4) is 0 Å². The van der Waals surface area contributed by atoms with Crippen LogP contribution in [0.5, 0.6) is 0 Å². The van der Waals surface area contributed by atoms with Crippen LogP contribution in [0.25, 0.3) is 10.8 Å². The number of aliphatic carboxylic acids is 2. The zero-order valence-corrected chi connectivity index (χ0v) is 24.5. The van der Waals surface area contributed by atoms with Crippen LogP contribution in [0.2, 0.25) is 0 Å². The molecule has 0 bridgehead atoms. The standard InChI is InChI=1S/C35H35N3O7/c39-31(22-25-15-16-26-13-7-8-14-27(26)19-25)36-29(20-23-9-3-1-4-10-23)33(42)38-30(21-24-11-5-2-6-12-24)34(43)37-28(35(44)45)17-18-32(40)41/h1-16,19,28-30H,17-18,20-22H2,(H,36,39)(H,37,43)(H,38,42)(H,40,41)(H,44,45)/t28-,29-,30-/m0/s1. The van der Waals surface area contributed by atoms with Gasteiger partial charge in [0.05, 0.1) is 6.42 Å². The molecule has 0 aromatic heterocycles. The predicted octanol–water partition coefficient (Wildman–Crippen LogP) is 3.27. The van der Waals surface area contributed by atoms with E-state index < -0.39 is 48.3 Å². The second-order valence-electron chi connectivity index (χ2n) is 10.8. The van der Waals surface area contributed by atoms with Gasteiger partial charge < -0.3 is 26.2 Å². The third-order valence-electron chi connectivity index (χ3n) is 7.29. The van der Waals surface area contributed by atoms with Crippen molar-refractivity contribution >= 4 is 40.4 Å². The number of benzene rings is 4. The van der Waals surface area contributed by atoms with Gasteiger partial charge in [-0.2, -0.15) is 0 Å². The number of fused-ring (bicyclic) bond motifs is 1. The zero-order valence-electron chi connectivity index (χ0n) is 24.5. The van der Waals surface area contributed by atoms with Crippen molar-refractivity contribution in [2.75, 3.05) is 0 Å². The lowest BCUT2D eigenvalue weighted by Gasteiger charge is -2.25. The van der Waals surface area contributed by atoms with Crippen molar-refractivity contribution in [3.05, 3.63) is 120 Å². The van der Waals surface area contributed by atoms with Crippen molar-refractivity contribution in [1.29, 1.82) is 0 Å². The first-order valence-electron chi connectivity index (χ1n) is 14.6. The molecule has 3 atom stereocenters. The first kappa shape index (κ1) is 32.4. The SMILES string of the molecule is O=C(O)CC[C@H](NC(=O)[C@H](Cc1ccccc1)NC(=O)[C@H](Cc1ccccc1)NC(=O)Cc1ccc2ccccc2c1)C(=O)O. The van der Waals surface area contributed by atoms with E-state index in [-0.39, 0.29) is 31.6 Å². The van der Waals surface area contributed by atoms with Gasteiger partial charge in [0.2, 0.25) is 17.7 Å². The molecule has 0 saturated carbocycles. The van der Waals surface area contributed by atoms with Gasteiger partial charge in [-0.3, -0.25) is 19.2 Å². The minimum Gasteiger partial charge on any atom is -0.481 e. The van der Waals surface area contributed by atoms with E-state index in [0.29, 0.717) is 5.56 Å². The molecule has 0 fully saturated rings. The summed E-state index contributed by atoms with van der Waals surface area (Å²) < 4.78 is 0. The van der Waals surface area contributed by atoms with Crippen LogP contribution in [0.1, 0.15) is 29.5 Å². The van der Waals surface area contributed by atoms with Gasteiger partial charge in [-0.15, -0.1) is 0 Å². The molecular weight excluding hydrogens is 574 g/mol. The number of hydrogen-bond donors (Lipinski definition) is 5. The van der Waals surface area contributed by atoms with Crippen molar-refractivity contribution in [3.63, 3.8) is 0 Å². The maximum absolute atomic E-state index is 13.8. The molecule has 0 aliphatic rings. The highest BCUT2D eigenvalue weighted by molar-refractivity contribution is 5.94. The quantitative estimate of drug-likeness (QED) is 0.138. The maximum Gasteiger partial charge on any atom is 0.326 e. The highest BCUT2D eigenvalue weighted by Crippen LogP contribution is 2.16. The molecular formula is C35H35N3O7. The summed E-state index contributed by atoms with van der Waals surface area (Å²) in [5, 5.41) is 28.5. The van der Waals surface area contributed by atoms with Crippen LogP contribution in [-0.4, -0.2) is 58.0 Å². The lowest BCUT2D eigenvalue weighted by Crippen LogP contribution is -2.57. The summed E-state index contributed by atoms with van der Waals surface area (Å²) in [6.07, 6.45) is -0.584. The fourth-order valence-corrected chi connectivity index (χ4v) is 4.97. The van der Waals surface area contributed by atoms with Crippen molar-refractivity contribution in [3.8, 4) is 0 Å². The van der Waals surface area contributed by atoms with Crippen LogP contribution in [-0.2, 0) is 43.2 Å². The van der Waals surface area contributed by atoms with Crippen molar-refractivity contribution in [2.45, 2.75) is 50.2 Å². The lowest BCUT2D eigenvalue weighted by atomic mass is 10.0. The number of rotatable bonds is 15. The normalized spacial score (nSPS) is 12.8. The summed E-state index contributed by atoms with van der Waals surface area (Å²) in [4.78, 5) is 63.1. The molecule has 45 heavy (non-hydrogen) atoms. The van der Waals surface area contributed by atoms with Crippen molar-refractivity contribution in [1.82, 2.24) is 16.0 Å². The Morgan fingerprint density at radius 2 is 1.07 bits per heavy atom. The minimum absolute atomic E-state index is 0.0290. The summed E-state index contributed by atoms with van der Waals surface area (Å²) in [7, 11) is 0. The summed E-state index contributed by atoms with van der Waals surface area (Å²) in [6, 6.07) is 27.7. The Morgan fingerprint density at radius 3 is 1.62 bits per heavy atom. The van der Waals surface area contributed by atoms with Gasteiger partial charge in [0.15, 0.2) is 0 Å². The molecule has 4 aromatic carbocycles. The molecule has 10 heteroatoms. The molecule has 0 spiro atoms. The van der Waals surface area contributed by atoms with Gasteiger partial charge in [0, 0.05) is 19.3 Å². The molecule has 3 amide bonds. The van der Waals surface area contributed by atoms with E-state index in [1.165, 1.54) is 0 Å². The first-order chi connectivity index (χ1) is 21.7. The van der Waals surface area contributed by atoms with Crippen LogP contribution in [0, 0.1) is 0 Å². The van der Waals surface area contributed by atoms with Gasteiger partial charge in [-0.05, 0) is 33.9 Å². The van der Waals surface area contributed by atoms with Gasteiger partial charge in [-0.25, -0.2) is 4.79 Å². The Hall–Kier alpha value is -5.51. The lowest BCUT2D eigenvalue weighted by molar-refractivity contribution is -0.143. The number of amides is 3. The zero-order chi connectivity index (χ0) is 32.2. The highest BCUT2D eigenvalue weighted by Gasteiger charge is 2.30. The summed E-state index contributed by atoms with van der Waals surface area (Å²) >= 11 is 0. The monoisotopic (exact) mass is 609 g/mol. The topological polar surface area (TPSA) is 162 Å². The Labute approximate surface area is 260 Å². The smallest absolute Gasteiger partial charge is 0.326 e. The van der Waals surface area contributed by atoms with E-state index in [1.54, 1.807) is 30.3 Å². The number of nitrogens with one attached hydrogen (secondary N) is 3. The van der Waals surface area contributed by atoms with Crippen LogP contribution in [0.4, 0.5) is 0 Å². The fraction of sp³-hybridized carbons (Fsp3) is 0.229. The second-order valence-corrected chi connectivity index (χ2v) is 10.8. The maximum atomic E-state index is 13.8. The summed E-state index contributed by atoms with van der Waals surface area (Å²) in [5.41, 5.74) is 2.26. The van der Waals surface area contributed by atoms with E-state index in [1.807, 2.05) is 72.8 Å². The fourth-order valence-electron chi connectivity index (χ4n) is 4.97. The number of hydrogen-bond acceptors (Lipinski definition) is 5. The van der Waals surface area contributed by atoms with Gasteiger partial charge in [-0.1, -0.05) is 103 Å². The van der Waals surface area contributed by atoms with E-state index in [9.17, 15) is 29.1 Å². The third-order valence-corrected chi connectivity index (χ3v) is 7.29. The predicted molar refractivity (Wildman–Crippen MR) is 168 cm³/mol. The summed E-state index contributed by atoms with van der Waals surface area (Å²) in [6.45, 7) is 0. The van der Waals surface area contributed by atoms with Crippen LogP contribution >= 0.6 is 0 Å². The van der Waals surface area contributed by atoms with Crippen LogP contribution in [0.15, 0.2) is 103 Å². The Bertz CT molecular complexity index is 1640. The van der Waals surface area contributed by atoms with E-state index >= 15 is 0 Å². The number of carbonyl (C=O) groups is 5. The number of carboxylic acids is 2. The van der Waals surface area contributed by atoms with Crippen molar-refractivity contribution in [2.24, 2.45) is 0 Å². The molecule has 4 aromatic rings. The van der Waals surface area contributed by atoms with E-state index in [0.717, 1.165) is 21.9 Å². The average molecular weight is 610 g/mol. The third kappa shape index (κ3) is 10.0. The van der Waals surface area contributed by atoms with Crippen molar-refractivity contribution < 1.29 is 34.2 Å². The molecule has 10 nitrogen and oxygen atoms in total. The molecule has 0 aliphatic carbocycles. The van der Waals surface area contributed by atoms with E-state index in [2.05, 4.69) is 16.0 Å².